The molecule has 1 aliphatic rings. The van der Waals surface area contributed by atoms with Gasteiger partial charge in [0.25, 0.3) is 0 Å². The van der Waals surface area contributed by atoms with Crippen molar-refractivity contribution in [3.05, 3.63) is 69.6 Å². The van der Waals surface area contributed by atoms with Crippen LogP contribution in [-0.4, -0.2) is 17.2 Å². The number of hydrogen-bond donors (Lipinski definition) is 1. The molecule has 0 spiro atoms. The molecule has 102 valence electrons. The standard InChI is InChI=1S/C17H18N2O/c20-17-10-9-14-15(7-4-8-16(14)19-17)18-12-11-13-5-2-1-3-6-13/h1-3,5-6,9-10H,4,7-8,11-12H2,(H,19,20). The number of aliphatic imine (C=N–C) groups is 1. The number of aromatic nitrogens is 1. The van der Waals surface area contributed by atoms with Crippen LogP contribution in [0.15, 0.2) is 52.3 Å². The Morgan fingerprint density at radius 3 is 2.75 bits per heavy atom. The summed E-state index contributed by atoms with van der Waals surface area (Å²) in [6.07, 6.45) is 3.98. The number of benzene rings is 1. The van der Waals surface area contributed by atoms with E-state index in [0.29, 0.717) is 0 Å². The number of nitrogens with one attached hydrogen (secondary N) is 1. The second kappa shape index (κ2) is 5.87. The van der Waals surface area contributed by atoms with Crippen molar-refractivity contribution in [2.24, 2.45) is 4.99 Å². The predicted molar refractivity (Wildman–Crippen MR) is 81.6 cm³/mol. The molecule has 0 aliphatic heterocycles. The van der Waals surface area contributed by atoms with Gasteiger partial charge in [-0.25, -0.2) is 0 Å². The summed E-state index contributed by atoms with van der Waals surface area (Å²) >= 11 is 0. The molecule has 1 heterocycles. The van der Waals surface area contributed by atoms with Gasteiger partial charge in [-0.3, -0.25) is 9.79 Å². The van der Waals surface area contributed by atoms with Crippen LogP contribution >= 0.6 is 0 Å². The molecule has 1 aromatic heterocycles. The zero-order valence-electron chi connectivity index (χ0n) is 11.4. The first-order valence-electron chi connectivity index (χ1n) is 7.13. The molecule has 1 N–H and O–H groups in total. The molecule has 1 aliphatic carbocycles. The van der Waals surface area contributed by atoms with Crippen LogP contribution in [0.2, 0.25) is 0 Å². The van der Waals surface area contributed by atoms with E-state index < -0.39 is 0 Å². The van der Waals surface area contributed by atoms with Crippen molar-refractivity contribution in [2.45, 2.75) is 25.7 Å². The average molecular weight is 266 g/mol. The van der Waals surface area contributed by atoms with Gasteiger partial charge in [-0.2, -0.15) is 0 Å². The molecule has 0 unspecified atom stereocenters. The first kappa shape index (κ1) is 12.9. The molecular weight excluding hydrogens is 248 g/mol. The van der Waals surface area contributed by atoms with E-state index in [0.717, 1.165) is 49.2 Å². The minimum absolute atomic E-state index is 0.0192. The Kier molecular flexibility index (Phi) is 3.77. The van der Waals surface area contributed by atoms with Crippen molar-refractivity contribution in [3.63, 3.8) is 0 Å². The summed E-state index contributed by atoms with van der Waals surface area (Å²) in [6.45, 7) is 0.803. The van der Waals surface area contributed by atoms with E-state index in [1.165, 1.54) is 5.56 Å². The first-order chi connectivity index (χ1) is 9.83. The lowest BCUT2D eigenvalue weighted by molar-refractivity contribution is 0.797. The Bertz CT molecular complexity index is 671. The number of aryl methyl sites for hydroxylation is 1. The van der Waals surface area contributed by atoms with Gasteiger partial charge in [-0.15, -0.1) is 0 Å². The van der Waals surface area contributed by atoms with Gasteiger partial charge >= 0.3 is 0 Å². The monoisotopic (exact) mass is 266 g/mol. The fraction of sp³-hybridized carbons (Fsp3) is 0.294. The summed E-state index contributed by atoms with van der Waals surface area (Å²) in [5, 5.41) is 0. The number of nitrogens with zero attached hydrogens (tertiary/aromatic N) is 1. The lowest BCUT2D eigenvalue weighted by Gasteiger charge is -2.17. The van der Waals surface area contributed by atoms with Crippen molar-refractivity contribution in [3.8, 4) is 0 Å². The highest BCUT2D eigenvalue weighted by Crippen LogP contribution is 2.18. The van der Waals surface area contributed by atoms with Gasteiger partial charge in [0.05, 0.1) is 0 Å². The Labute approximate surface area is 118 Å². The topological polar surface area (TPSA) is 45.2 Å². The van der Waals surface area contributed by atoms with Gasteiger partial charge in [0.15, 0.2) is 0 Å². The molecule has 0 saturated heterocycles. The van der Waals surface area contributed by atoms with E-state index >= 15 is 0 Å². The van der Waals surface area contributed by atoms with Crippen molar-refractivity contribution >= 4 is 5.71 Å². The quantitative estimate of drug-likeness (QED) is 0.912. The number of pyridine rings is 1. The molecule has 1 aromatic carbocycles. The number of hydrogen-bond acceptors (Lipinski definition) is 2. The first-order valence-corrected chi connectivity index (χ1v) is 7.13. The highest BCUT2D eigenvalue weighted by Gasteiger charge is 2.15. The Balaban J connectivity index is 1.75. The zero-order chi connectivity index (χ0) is 13.8. The van der Waals surface area contributed by atoms with Gasteiger partial charge < -0.3 is 4.98 Å². The molecule has 0 atom stereocenters. The van der Waals surface area contributed by atoms with Crippen molar-refractivity contribution in [1.82, 2.24) is 4.98 Å². The molecule has 0 fully saturated rings. The van der Waals surface area contributed by atoms with Crippen LogP contribution in [0.25, 0.3) is 0 Å². The second-order valence-electron chi connectivity index (χ2n) is 5.13. The van der Waals surface area contributed by atoms with Crippen LogP contribution in [0.5, 0.6) is 0 Å². The Hall–Kier alpha value is -2.16. The third-order valence-electron chi connectivity index (χ3n) is 3.70. The summed E-state index contributed by atoms with van der Waals surface area (Å²) in [5.74, 6) is 0. The summed E-state index contributed by atoms with van der Waals surface area (Å²) in [6, 6.07) is 13.9. The van der Waals surface area contributed by atoms with Crippen LogP contribution < -0.4 is 5.56 Å². The number of fused-ring (bicyclic) bond motifs is 1. The largest absolute Gasteiger partial charge is 0.326 e. The molecular formula is C17H18N2O. The Morgan fingerprint density at radius 2 is 1.90 bits per heavy atom. The third-order valence-corrected chi connectivity index (χ3v) is 3.70. The predicted octanol–water partition coefficient (Wildman–Crippen LogP) is 2.74. The minimum atomic E-state index is -0.0192. The third kappa shape index (κ3) is 2.87. The number of H-pyrrole nitrogens is 1. The maximum Gasteiger partial charge on any atom is 0.248 e. The van der Waals surface area contributed by atoms with Crippen molar-refractivity contribution in [2.75, 3.05) is 6.54 Å². The average Bonchev–Trinajstić information content (AvgIpc) is 2.48. The summed E-state index contributed by atoms with van der Waals surface area (Å²) in [5.41, 5.74) is 4.60. The molecule has 3 heteroatoms. The van der Waals surface area contributed by atoms with E-state index in [4.69, 9.17) is 4.99 Å². The molecule has 3 rings (SSSR count). The van der Waals surface area contributed by atoms with Gasteiger partial charge in [-0.05, 0) is 37.3 Å². The van der Waals surface area contributed by atoms with Crippen LogP contribution in [0.1, 0.15) is 29.7 Å². The Morgan fingerprint density at radius 1 is 1.05 bits per heavy atom. The van der Waals surface area contributed by atoms with E-state index in [1.54, 1.807) is 6.07 Å². The van der Waals surface area contributed by atoms with E-state index in [2.05, 4.69) is 29.2 Å². The molecule has 0 saturated carbocycles. The second-order valence-corrected chi connectivity index (χ2v) is 5.13. The van der Waals surface area contributed by atoms with E-state index in [9.17, 15) is 4.79 Å². The van der Waals surface area contributed by atoms with Crippen molar-refractivity contribution < 1.29 is 0 Å². The highest BCUT2D eigenvalue weighted by molar-refractivity contribution is 6.02. The highest BCUT2D eigenvalue weighted by atomic mass is 16.1. The lowest BCUT2D eigenvalue weighted by Crippen LogP contribution is -2.19. The van der Waals surface area contributed by atoms with Crippen LogP contribution in [0.4, 0.5) is 0 Å². The smallest absolute Gasteiger partial charge is 0.248 e. The van der Waals surface area contributed by atoms with E-state index in [-0.39, 0.29) is 5.56 Å². The molecule has 0 bridgehead atoms. The molecule has 0 radical (unpaired) electrons. The summed E-state index contributed by atoms with van der Waals surface area (Å²) in [4.78, 5) is 19.0. The molecule has 0 amide bonds. The molecule has 3 nitrogen and oxygen atoms in total. The maximum atomic E-state index is 11.4. The molecule has 2 aromatic rings. The minimum Gasteiger partial charge on any atom is -0.326 e. The summed E-state index contributed by atoms with van der Waals surface area (Å²) < 4.78 is 0. The van der Waals surface area contributed by atoms with Gasteiger partial charge in [-0.1, -0.05) is 30.3 Å². The van der Waals surface area contributed by atoms with Crippen molar-refractivity contribution in [1.29, 1.82) is 0 Å². The van der Waals surface area contributed by atoms with Crippen LogP contribution in [0.3, 0.4) is 0 Å². The zero-order valence-corrected chi connectivity index (χ0v) is 11.4. The number of rotatable bonds is 3. The number of aromatic amines is 1. The van der Waals surface area contributed by atoms with E-state index in [1.807, 2.05) is 12.1 Å². The normalized spacial score (nSPS) is 16.1. The van der Waals surface area contributed by atoms with Gasteiger partial charge in [0, 0.05) is 29.6 Å². The SMILES string of the molecule is O=c1ccc2c([nH]1)CCCC2=NCCc1ccccc1. The van der Waals surface area contributed by atoms with Crippen LogP contribution in [-0.2, 0) is 12.8 Å². The van der Waals surface area contributed by atoms with Gasteiger partial charge in [0.2, 0.25) is 5.56 Å². The fourth-order valence-electron chi connectivity index (χ4n) is 2.68. The summed E-state index contributed by atoms with van der Waals surface area (Å²) in [7, 11) is 0. The molecule has 20 heavy (non-hydrogen) atoms. The maximum absolute atomic E-state index is 11.4. The van der Waals surface area contributed by atoms with Gasteiger partial charge in [0.1, 0.15) is 0 Å². The lowest BCUT2D eigenvalue weighted by atomic mass is 9.94. The van der Waals surface area contributed by atoms with Crippen LogP contribution in [0, 0.1) is 0 Å². The fourth-order valence-corrected chi connectivity index (χ4v) is 2.68.